The van der Waals surface area contributed by atoms with E-state index < -0.39 is 36.0 Å². The molecule has 0 unspecified atom stereocenters. The molecule has 3 atom stereocenters. The Morgan fingerprint density at radius 1 is 0.966 bits per heavy atom. The molecule has 8 nitrogen and oxygen atoms in total. The number of carbonyl (C=O) groups is 3. The normalized spacial score (nSPS) is 13.4. The first-order valence-electron chi connectivity index (χ1n) is 8.93. The highest BCUT2D eigenvalue weighted by atomic mass is 16.4. The van der Waals surface area contributed by atoms with Crippen molar-refractivity contribution in [2.75, 3.05) is 0 Å². The molecule has 2 rings (SSSR count). The van der Waals surface area contributed by atoms with Gasteiger partial charge in [-0.1, -0.05) is 48.5 Å². The molecule has 2 amide bonds. The van der Waals surface area contributed by atoms with E-state index in [4.69, 9.17) is 5.26 Å². The van der Waals surface area contributed by atoms with Crippen molar-refractivity contribution in [3.05, 3.63) is 71.8 Å². The lowest BCUT2D eigenvalue weighted by Crippen LogP contribution is -2.50. The van der Waals surface area contributed by atoms with Crippen molar-refractivity contribution in [3.8, 4) is 6.07 Å². The van der Waals surface area contributed by atoms with Gasteiger partial charge in [0.05, 0.1) is 12.1 Å². The maximum absolute atomic E-state index is 12.5. The van der Waals surface area contributed by atoms with Crippen molar-refractivity contribution in [2.45, 2.75) is 31.0 Å². The van der Waals surface area contributed by atoms with Gasteiger partial charge < -0.3 is 20.8 Å². The number of aliphatic hydroxyl groups is 1. The average Bonchev–Trinajstić information content (AvgIpc) is 2.75. The lowest BCUT2D eigenvalue weighted by atomic mass is 9.99. The van der Waals surface area contributed by atoms with Crippen LogP contribution >= 0.6 is 0 Å². The molecule has 0 saturated carbocycles. The molecule has 0 aliphatic heterocycles. The minimum absolute atomic E-state index is 0.0692. The largest absolute Gasteiger partial charge is 0.480 e. The van der Waals surface area contributed by atoms with E-state index in [2.05, 4.69) is 10.6 Å². The monoisotopic (exact) mass is 395 g/mol. The summed E-state index contributed by atoms with van der Waals surface area (Å²) in [5.74, 6) is -2.77. The molecule has 150 valence electrons. The number of hydrogen-bond donors (Lipinski definition) is 4. The molecular formula is C21H21N3O5. The zero-order valence-corrected chi connectivity index (χ0v) is 15.5. The van der Waals surface area contributed by atoms with E-state index in [0.29, 0.717) is 11.1 Å². The number of carboxylic acids is 1. The molecule has 2 aromatic carbocycles. The van der Waals surface area contributed by atoms with Crippen LogP contribution in [0.15, 0.2) is 60.7 Å². The van der Waals surface area contributed by atoms with Gasteiger partial charge in [0.1, 0.15) is 6.04 Å². The van der Waals surface area contributed by atoms with Crippen LogP contribution in [0.5, 0.6) is 0 Å². The number of nitrogens with zero attached hydrogens (tertiary/aromatic N) is 1. The summed E-state index contributed by atoms with van der Waals surface area (Å²) in [6, 6.07) is 16.1. The molecule has 0 aromatic heterocycles. The summed E-state index contributed by atoms with van der Waals surface area (Å²) in [5, 5.41) is 33.3. The number of aliphatic hydroxyl groups excluding tert-OH is 1. The number of carboxylic acid groups (broad SMARTS) is 1. The van der Waals surface area contributed by atoms with E-state index in [1.807, 2.05) is 6.07 Å². The minimum Gasteiger partial charge on any atom is -0.480 e. The van der Waals surface area contributed by atoms with Crippen LogP contribution in [0.4, 0.5) is 0 Å². The third kappa shape index (κ3) is 6.16. The lowest BCUT2D eigenvalue weighted by molar-refractivity contribution is -0.144. The van der Waals surface area contributed by atoms with Crippen molar-refractivity contribution >= 4 is 17.8 Å². The first-order chi connectivity index (χ1) is 13.9. The fourth-order valence-electron chi connectivity index (χ4n) is 2.69. The van der Waals surface area contributed by atoms with Gasteiger partial charge in [-0.2, -0.15) is 5.26 Å². The first kappa shape index (κ1) is 21.6. The molecule has 0 aliphatic rings. The van der Waals surface area contributed by atoms with Crippen molar-refractivity contribution < 1.29 is 24.6 Å². The topological polar surface area (TPSA) is 140 Å². The Hall–Kier alpha value is -3.70. The van der Waals surface area contributed by atoms with Gasteiger partial charge in [0.2, 0.25) is 0 Å². The number of carbonyl (C=O) groups excluding carboxylic acids is 2. The molecule has 0 heterocycles. The predicted octanol–water partition coefficient (Wildman–Crippen LogP) is 1.39. The Labute approximate surface area is 167 Å². The zero-order valence-electron chi connectivity index (χ0n) is 15.5. The quantitative estimate of drug-likeness (QED) is 0.506. The highest BCUT2D eigenvalue weighted by Crippen LogP contribution is 2.18. The standard InChI is InChI=1S/C21H21N3O5/c22-13-7-12-16(21(28)29)23-20(27)18(25)17(14-8-3-1-4-9-14)24-19(26)15-10-5-2-6-11-15/h1-6,8-11,16-18,25H,7,12H2,(H,23,27)(H,24,26)(H,28,29)/t16-,17+,18-/m1/s1. The number of rotatable bonds is 9. The highest BCUT2D eigenvalue weighted by Gasteiger charge is 2.32. The second-order valence-electron chi connectivity index (χ2n) is 6.27. The summed E-state index contributed by atoms with van der Waals surface area (Å²) in [5.41, 5.74) is 0.821. The van der Waals surface area contributed by atoms with Gasteiger partial charge in [-0.05, 0) is 24.1 Å². The molecule has 8 heteroatoms. The van der Waals surface area contributed by atoms with Gasteiger partial charge in [0, 0.05) is 12.0 Å². The van der Waals surface area contributed by atoms with E-state index in [9.17, 15) is 24.6 Å². The molecule has 0 fully saturated rings. The van der Waals surface area contributed by atoms with Crippen molar-refractivity contribution in [1.82, 2.24) is 10.6 Å². The van der Waals surface area contributed by atoms with Crippen molar-refractivity contribution in [1.29, 1.82) is 5.26 Å². The lowest BCUT2D eigenvalue weighted by Gasteiger charge is -2.25. The summed E-state index contributed by atoms with van der Waals surface area (Å²) < 4.78 is 0. The number of benzene rings is 2. The van der Waals surface area contributed by atoms with Crippen LogP contribution in [0, 0.1) is 11.3 Å². The average molecular weight is 395 g/mol. The van der Waals surface area contributed by atoms with Gasteiger partial charge in [-0.15, -0.1) is 0 Å². The smallest absolute Gasteiger partial charge is 0.326 e. The molecule has 0 saturated heterocycles. The van der Waals surface area contributed by atoms with E-state index in [1.54, 1.807) is 60.7 Å². The Bertz CT molecular complexity index is 880. The number of nitrogens with one attached hydrogen (secondary N) is 2. The van der Waals surface area contributed by atoms with Crippen molar-refractivity contribution in [3.63, 3.8) is 0 Å². The molecule has 2 aromatic rings. The summed E-state index contributed by atoms with van der Waals surface area (Å²) in [6.07, 6.45) is -1.91. The number of nitriles is 1. The summed E-state index contributed by atoms with van der Waals surface area (Å²) in [6.45, 7) is 0. The van der Waals surface area contributed by atoms with Gasteiger partial charge in [-0.3, -0.25) is 9.59 Å². The Balaban J connectivity index is 2.21. The van der Waals surface area contributed by atoms with Crippen LogP contribution in [0.1, 0.15) is 34.8 Å². The van der Waals surface area contributed by atoms with Crippen molar-refractivity contribution in [2.24, 2.45) is 0 Å². The predicted molar refractivity (Wildman–Crippen MR) is 104 cm³/mol. The van der Waals surface area contributed by atoms with Crippen LogP contribution in [0.25, 0.3) is 0 Å². The molecule has 0 spiro atoms. The summed E-state index contributed by atoms with van der Waals surface area (Å²) in [4.78, 5) is 36.3. The summed E-state index contributed by atoms with van der Waals surface area (Å²) >= 11 is 0. The van der Waals surface area contributed by atoms with Crippen LogP contribution in [-0.4, -0.2) is 40.1 Å². The number of aliphatic carboxylic acids is 1. The van der Waals surface area contributed by atoms with Gasteiger partial charge in [0.25, 0.3) is 11.8 Å². The molecule has 0 aliphatic carbocycles. The second kappa shape index (κ2) is 10.6. The zero-order chi connectivity index (χ0) is 21.2. The van der Waals surface area contributed by atoms with E-state index in [1.165, 1.54) is 0 Å². The Morgan fingerprint density at radius 3 is 2.10 bits per heavy atom. The molecule has 29 heavy (non-hydrogen) atoms. The van der Waals surface area contributed by atoms with Crippen LogP contribution < -0.4 is 10.6 Å². The van der Waals surface area contributed by atoms with Gasteiger partial charge >= 0.3 is 5.97 Å². The third-order valence-electron chi connectivity index (χ3n) is 4.23. The number of hydrogen-bond acceptors (Lipinski definition) is 5. The molecule has 4 N–H and O–H groups in total. The number of amides is 2. The Morgan fingerprint density at radius 2 is 1.55 bits per heavy atom. The molecular weight excluding hydrogens is 374 g/mol. The maximum Gasteiger partial charge on any atom is 0.326 e. The third-order valence-corrected chi connectivity index (χ3v) is 4.23. The first-order valence-corrected chi connectivity index (χ1v) is 8.93. The van der Waals surface area contributed by atoms with E-state index in [-0.39, 0.29) is 12.8 Å². The van der Waals surface area contributed by atoms with Crippen LogP contribution in [0.3, 0.4) is 0 Å². The Kier molecular flexibility index (Phi) is 7.88. The molecule has 0 bridgehead atoms. The second-order valence-corrected chi connectivity index (χ2v) is 6.27. The van der Waals surface area contributed by atoms with Gasteiger partial charge in [-0.25, -0.2) is 4.79 Å². The van der Waals surface area contributed by atoms with E-state index >= 15 is 0 Å². The van der Waals surface area contributed by atoms with Crippen LogP contribution in [-0.2, 0) is 9.59 Å². The van der Waals surface area contributed by atoms with Crippen LogP contribution in [0.2, 0.25) is 0 Å². The fourth-order valence-corrected chi connectivity index (χ4v) is 2.69. The van der Waals surface area contributed by atoms with E-state index in [0.717, 1.165) is 0 Å². The molecule has 0 radical (unpaired) electrons. The maximum atomic E-state index is 12.5. The highest BCUT2D eigenvalue weighted by molar-refractivity contribution is 5.95. The fraction of sp³-hybridized carbons (Fsp3) is 0.238. The summed E-state index contributed by atoms with van der Waals surface area (Å²) in [7, 11) is 0. The SMILES string of the molecule is N#CCC[C@@H](NC(=O)[C@H](O)[C@@H](NC(=O)c1ccccc1)c1ccccc1)C(=O)O. The minimum atomic E-state index is -1.74. The van der Waals surface area contributed by atoms with Gasteiger partial charge in [0.15, 0.2) is 6.10 Å².